The molecule has 0 unspecified atom stereocenters. The van der Waals surface area contributed by atoms with Gasteiger partial charge in [0.1, 0.15) is 5.82 Å². The SMILES string of the molecule is Cc1ncc([C@H]2CN(C)C[C@@H]2C(=O)N(C)CCc2scnc2C)[nH]1. The average molecular weight is 347 g/mol. The molecule has 0 radical (unpaired) electrons. The van der Waals surface area contributed by atoms with Crippen LogP contribution in [0.1, 0.15) is 28.0 Å². The number of aromatic amines is 1. The van der Waals surface area contributed by atoms with Gasteiger partial charge in [0, 0.05) is 55.8 Å². The maximum Gasteiger partial charge on any atom is 0.227 e. The van der Waals surface area contributed by atoms with E-state index in [1.54, 1.807) is 11.3 Å². The van der Waals surface area contributed by atoms with Gasteiger partial charge < -0.3 is 14.8 Å². The molecule has 0 bridgehead atoms. The van der Waals surface area contributed by atoms with Gasteiger partial charge in [-0.15, -0.1) is 11.3 Å². The molecule has 0 aromatic carbocycles. The molecule has 130 valence electrons. The van der Waals surface area contributed by atoms with Gasteiger partial charge in [0.25, 0.3) is 0 Å². The lowest BCUT2D eigenvalue weighted by Crippen LogP contribution is -2.37. The Labute approximate surface area is 146 Å². The zero-order valence-electron chi connectivity index (χ0n) is 14.7. The summed E-state index contributed by atoms with van der Waals surface area (Å²) in [4.78, 5) is 30.2. The number of hydrogen-bond acceptors (Lipinski definition) is 5. The van der Waals surface area contributed by atoms with Crippen molar-refractivity contribution in [3.63, 3.8) is 0 Å². The molecule has 3 rings (SSSR count). The maximum absolute atomic E-state index is 13.0. The summed E-state index contributed by atoms with van der Waals surface area (Å²) in [6.07, 6.45) is 2.75. The van der Waals surface area contributed by atoms with Crippen LogP contribution in [0, 0.1) is 19.8 Å². The summed E-state index contributed by atoms with van der Waals surface area (Å²) in [5, 5.41) is 0. The van der Waals surface area contributed by atoms with Crippen molar-refractivity contribution < 1.29 is 4.79 Å². The monoisotopic (exact) mass is 347 g/mol. The van der Waals surface area contributed by atoms with Crippen LogP contribution in [0.4, 0.5) is 0 Å². The van der Waals surface area contributed by atoms with Gasteiger partial charge in [0.05, 0.1) is 17.1 Å². The molecular formula is C17H25N5OS. The van der Waals surface area contributed by atoms with E-state index in [1.807, 2.05) is 37.5 Å². The van der Waals surface area contributed by atoms with Crippen molar-refractivity contribution in [1.29, 1.82) is 0 Å². The van der Waals surface area contributed by atoms with Crippen molar-refractivity contribution in [2.24, 2.45) is 5.92 Å². The first-order valence-corrected chi connectivity index (χ1v) is 9.17. The van der Waals surface area contributed by atoms with Crippen LogP contribution in [0.15, 0.2) is 11.7 Å². The lowest BCUT2D eigenvalue weighted by molar-refractivity contribution is -0.134. The molecule has 1 amide bonds. The predicted molar refractivity (Wildman–Crippen MR) is 95.2 cm³/mol. The fourth-order valence-corrected chi connectivity index (χ4v) is 4.19. The smallest absolute Gasteiger partial charge is 0.227 e. The van der Waals surface area contributed by atoms with Gasteiger partial charge in [-0.1, -0.05) is 0 Å². The quantitative estimate of drug-likeness (QED) is 0.896. The molecule has 1 N–H and O–H groups in total. The van der Waals surface area contributed by atoms with Crippen LogP contribution >= 0.6 is 11.3 Å². The lowest BCUT2D eigenvalue weighted by atomic mass is 9.92. The number of carbonyl (C=O) groups excluding carboxylic acids is 1. The number of thiazole rings is 1. The first kappa shape index (κ1) is 17.1. The van der Waals surface area contributed by atoms with Gasteiger partial charge in [-0.3, -0.25) is 4.79 Å². The molecule has 2 atom stereocenters. The molecule has 3 heterocycles. The zero-order chi connectivity index (χ0) is 17.3. The van der Waals surface area contributed by atoms with Crippen molar-refractivity contribution >= 4 is 17.2 Å². The minimum Gasteiger partial charge on any atom is -0.346 e. The Bertz CT molecular complexity index is 709. The Morgan fingerprint density at radius 3 is 2.83 bits per heavy atom. The standard InChI is InChI=1S/C17H25N5OS/c1-11-16(24-10-19-11)5-6-22(4)17(23)14-9-21(3)8-13(14)15-7-18-12(2)20-15/h7,10,13-14H,5-6,8-9H2,1-4H3,(H,18,20)/t13-,14-/m0/s1. The minimum atomic E-state index is -0.0117. The Kier molecular flexibility index (Phi) is 5.01. The number of H-pyrrole nitrogens is 1. The third kappa shape index (κ3) is 3.52. The second-order valence-corrected chi connectivity index (χ2v) is 7.67. The number of hydrogen-bond donors (Lipinski definition) is 1. The number of aryl methyl sites for hydroxylation is 2. The number of rotatable bonds is 5. The molecule has 24 heavy (non-hydrogen) atoms. The highest BCUT2D eigenvalue weighted by Crippen LogP contribution is 2.32. The minimum absolute atomic E-state index is 0.0117. The highest BCUT2D eigenvalue weighted by atomic mass is 32.1. The highest BCUT2D eigenvalue weighted by Gasteiger charge is 2.39. The van der Waals surface area contributed by atoms with Gasteiger partial charge in [-0.25, -0.2) is 9.97 Å². The molecule has 0 saturated carbocycles. The molecule has 6 nitrogen and oxygen atoms in total. The number of nitrogens with zero attached hydrogens (tertiary/aromatic N) is 4. The molecule has 1 aliphatic rings. The lowest BCUT2D eigenvalue weighted by Gasteiger charge is -2.24. The van der Waals surface area contributed by atoms with Crippen LogP contribution in [0.5, 0.6) is 0 Å². The van der Waals surface area contributed by atoms with E-state index < -0.39 is 0 Å². The van der Waals surface area contributed by atoms with Crippen molar-refractivity contribution in [1.82, 2.24) is 24.8 Å². The Morgan fingerprint density at radius 2 is 2.21 bits per heavy atom. The van der Waals surface area contributed by atoms with E-state index in [9.17, 15) is 4.79 Å². The number of carbonyl (C=O) groups is 1. The summed E-state index contributed by atoms with van der Waals surface area (Å²) >= 11 is 1.67. The molecular weight excluding hydrogens is 322 g/mol. The summed E-state index contributed by atoms with van der Waals surface area (Å²) in [5.74, 6) is 1.30. The van der Waals surface area contributed by atoms with E-state index in [0.717, 1.165) is 43.3 Å². The third-order valence-electron chi connectivity index (χ3n) is 4.84. The summed E-state index contributed by atoms with van der Waals surface area (Å²) in [5.41, 5.74) is 4.02. The van der Waals surface area contributed by atoms with Crippen molar-refractivity contribution in [3.05, 3.63) is 33.8 Å². The summed E-state index contributed by atoms with van der Waals surface area (Å²) in [6, 6.07) is 0. The van der Waals surface area contributed by atoms with Crippen LogP contribution in [-0.2, 0) is 11.2 Å². The Hall–Kier alpha value is -1.73. The largest absolute Gasteiger partial charge is 0.346 e. The first-order chi connectivity index (χ1) is 11.5. The molecule has 2 aromatic rings. The van der Waals surface area contributed by atoms with Crippen molar-refractivity contribution in [2.45, 2.75) is 26.2 Å². The van der Waals surface area contributed by atoms with Gasteiger partial charge in [-0.2, -0.15) is 0 Å². The topological polar surface area (TPSA) is 65.1 Å². The molecule has 1 fully saturated rings. The van der Waals surface area contributed by atoms with Gasteiger partial charge in [0.15, 0.2) is 0 Å². The second kappa shape index (κ2) is 7.03. The number of aromatic nitrogens is 3. The normalized spacial score (nSPS) is 21.3. The van der Waals surface area contributed by atoms with E-state index in [-0.39, 0.29) is 17.7 Å². The number of imidazole rings is 1. The second-order valence-electron chi connectivity index (χ2n) is 6.73. The number of likely N-dealkylation sites (N-methyl/N-ethyl adjacent to an activating group) is 2. The third-order valence-corrected chi connectivity index (χ3v) is 5.83. The summed E-state index contributed by atoms with van der Waals surface area (Å²) < 4.78 is 0. The molecule has 1 saturated heterocycles. The van der Waals surface area contributed by atoms with E-state index in [1.165, 1.54) is 4.88 Å². The average Bonchev–Trinajstić information content (AvgIpc) is 3.24. The predicted octanol–water partition coefficient (Wildman–Crippen LogP) is 1.83. The molecule has 0 aliphatic carbocycles. The van der Waals surface area contributed by atoms with E-state index in [4.69, 9.17) is 0 Å². The molecule has 1 aliphatic heterocycles. The van der Waals surface area contributed by atoms with Gasteiger partial charge in [-0.05, 0) is 20.9 Å². The van der Waals surface area contributed by atoms with Crippen LogP contribution in [0.25, 0.3) is 0 Å². The Balaban J connectivity index is 1.66. The fraction of sp³-hybridized carbons (Fsp3) is 0.588. The van der Waals surface area contributed by atoms with Crippen LogP contribution in [-0.4, -0.2) is 64.4 Å². The first-order valence-electron chi connectivity index (χ1n) is 8.29. The van der Waals surface area contributed by atoms with Crippen molar-refractivity contribution in [3.8, 4) is 0 Å². The number of likely N-dealkylation sites (tertiary alicyclic amines) is 1. The summed E-state index contributed by atoms with van der Waals surface area (Å²) in [7, 11) is 3.98. The fourth-order valence-electron chi connectivity index (χ4n) is 3.42. The highest BCUT2D eigenvalue weighted by molar-refractivity contribution is 7.09. The Morgan fingerprint density at radius 1 is 1.42 bits per heavy atom. The van der Waals surface area contributed by atoms with E-state index >= 15 is 0 Å². The van der Waals surface area contributed by atoms with Crippen LogP contribution in [0.2, 0.25) is 0 Å². The van der Waals surface area contributed by atoms with Crippen LogP contribution in [0.3, 0.4) is 0 Å². The van der Waals surface area contributed by atoms with E-state index in [2.05, 4.69) is 26.9 Å². The summed E-state index contributed by atoms with van der Waals surface area (Å²) in [6.45, 7) is 6.39. The number of amides is 1. The van der Waals surface area contributed by atoms with Crippen molar-refractivity contribution in [2.75, 3.05) is 33.7 Å². The number of nitrogens with one attached hydrogen (secondary N) is 1. The zero-order valence-corrected chi connectivity index (χ0v) is 15.6. The van der Waals surface area contributed by atoms with Gasteiger partial charge in [0.2, 0.25) is 5.91 Å². The molecule has 7 heteroatoms. The van der Waals surface area contributed by atoms with Gasteiger partial charge >= 0.3 is 0 Å². The molecule has 2 aromatic heterocycles. The maximum atomic E-state index is 13.0. The van der Waals surface area contributed by atoms with Crippen LogP contribution < -0.4 is 0 Å². The van der Waals surface area contributed by atoms with E-state index in [0.29, 0.717) is 0 Å². The molecule has 0 spiro atoms.